The van der Waals surface area contributed by atoms with Crippen LogP contribution in [0.3, 0.4) is 0 Å². The molecule has 1 N–H and O–H groups in total. The van der Waals surface area contributed by atoms with Gasteiger partial charge < -0.3 is 14.6 Å². The van der Waals surface area contributed by atoms with Crippen molar-refractivity contribution in [2.45, 2.75) is 26.7 Å². The molecule has 0 fully saturated rings. The quantitative estimate of drug-likeness (QED) is 0.616. The van der Waals surface area contributed by atoms with Gasteiger partial charge in [0, 0.05) is 17.4 Å². The number of hydrogen-bond donors (Lipinski definition) is 1. The molecule has 0 spiro atoms. The van der Waals surface area contributed by atoms with Gasteiger partial charge in [-0.1, -0.05) is 5.16 Å². The average molecular weight is 336 g/mol. The molecular weight excluding hydrogens is 320 g/mol. The molecule has 0 aliphatic carbocycles. The van der Waals surface area contributed by atoms with Gasteiger partial charge in [-0.3, -0.25) is 14.4 Å². The maximum absolute atomic E-state index is 11.8. The van der Waals surface area contributed by atoms with Crippen molar-refractivity contribution in [1.29, 1.82) is 0 Å². The van der Waals surface area contributed by atoms with E-state index in [1.807, 2.05) is 13.0 Å². The average Bonchev–Trinajstić information content (AvgIpc) is 3.11. The summed E-state index contributed by atoms with van der Waals surface area (Å²) in [6, 6.07) is 5.13. The summed E-state index contributed by atoms with van der Waals surface area (Å²) in [6.45, 7) is 3.16. The number of rotatable bonds is 7. The third-order valence-electron chi connectivity index (χ3n) is 2.83. The van der Waals surface area contributed by atoms with E-state index < -0.39 is 18.5 Å². The minimum atomic E-state index is -0.599. The summed E-state index contributed by atoms with van der Waals surface area (Å²) in [5.74, 6) is -0.418. The van der Waals surface area contributed by atoms with Gasteiger partial charge in [0.2, 0.25) is 0 Å². The van der Waals surface area contributed by atoms with Gasteiger partial charge in [0.25, 0.3) is 5.91 Å². The van der Waals surface area contributed by atoms with Gasteiger partial charge in [0.05, 0.1) is 11.3 Å². The van der Waals surface area contributed by atoms with Crippen LogP contribution in [0, 0.1) is 13.8 Å². The lowest BCUT2D eigenvalue weighted by Crippen LogP contribution is -2.21. The Labute approximate surface area is 136 Å². The first-order valence-corrected chi connectivity index (χ1v) is 7.74. The molecule has 0 aliphatic rings. The molecule has 0 radical (unpaired) electrons. The van der Waals surface area contributed by atoms with Crippen LogP contribution in [-0.4, -0.2) is 29.4 Å². The van der Waals surface area contributed by atoms with E-state index in [1.165, 1.54) is 11.3 Å². The lowest BCUT2D eigenvalue weighted by atomic mass is 10.2. The SMILES string of the molecule is Cc1cc(NC(=O)COC(=O)CCC(=O)c2ccc(C)s2)no1. The number of hydrogen-bond acceptors (Lipinski definition) is 7. The Morgan fingerprint density at radius 2 is 2.04 bits per heavy atom. The van der Waals surface area contributed by atoms with Gasteiger partial charge in [0.1, 0.15) is 5.76 Å². The number of anilines is 1. The predicted octanol–water partition coefficient (Wildman–Crippen LogP) is 2.50. The van der Waals surface area contributed by atoms with Crippen LogP contribution in [0.4, 0.5) is 5.82 Å². The molecule has 0 bridgehead atoms. The summed E-state index contributed by atoms with van der Waals surface area (Å²) in [7, 11) is 0. The Morgan fingerprint density at radius 1 is 1.26 bits per heavy atom. The molecule has 2 rings (SSSR count). The number of nitrogens with one attached hydrogen (secondary N) is 1. The van der Waals surface area contributed by atoms with Gasteiger partial charge >= 0.3 is 5.97 Å². The molecule has 0 unspecified atom stereocenters. The van der Waals surface area contributed by atoms with Gasteiger partial charge in [-0.25, -0.2) is 0 Å². The Balaban J connectivity index is 1.68. The molecule has 0 saturated heterocycles. The van der Waals surface area contributed by atoms with Crippen molar-refractivity contribution >= 4 is 34.8 Å². The molecule has 8 heteroatoms. The second-order valence-corrected chi connectivity index (χ2v) is 6.15. The monoisotopic (exact) mass is 336 g/mol. The van der Waals surface area contributed by atoms with Crippen LogP contribution in [0.5, 0.6) is 0 Å². The fourth-order valence-electron chi connectivity index (χ4n) is 1.75. The molecule has 0 atom stereocenters. The van der Waals surface area contributed by atoms with E-state index >= 15 is 0 Å². The van der Waals surface area contributed by atoms with E-state index in [0.29, 0.717) is 10.6 Å². The van der Waals surface area contributed by atoms with E-state index in [1.54, 1.807) is 19.1 Å². The summed E-state index contributed by atoms with van der Waals surface area (Å²) >= 11 is 1.39. The number of carbonyl (C=O) groups excluding carboxylic acids is 3. The Kier molecular flexibility index (Phi) is 5.64. The Hall–Kier alpha value is -2.48. The molecule has 1 amide bonds. The van der Waals surface area contributed by atoms with E-state index in [0.717, 1.165) is 4.88 Å². The molecule has 0 aliphatic heterocycles. The Morgan fingerprint density at radius 3 is 2.65 bits per heavy atom. The first-order chi connectivity index (χ1) is 10.9. The molecule has 2 aromatic rings. The normalized spacial score (nSPS) is 10.3. The zero-order chi connectivity index (χ0) is 16.8. The zero-order valence-corrected chi connectivity index (χ0v) is 13.6. The molecule has 23 heavy (non-hydrogen) atoms. The van der Waals surface area contributed by atoms with E-state index in [9.17, 15) is 14.4 Å². The van der Waals surface area contributed by atoms with Crippen molar-refractivity contribution in [2.24, 2.45) is 0 Å². The number of amides is 1. The molecule has 0 saturated carbocycles. The van der Waals surface area contributed by atoms with Crippen molar-refractivity contribution < 1.29 is 23.6 Å². The fraction of sp³-hybridized carbons (Fsp3) is 0.333. The van der Waals surface area contributed by atoms with Crippen LogP contribution in [0.15, 0.2) is 22.7 Å². The van der Waals surface area contributed by atoms with E-state index in [2.05, 4.69) is 10.5 Å². The van der Waals surface area contributed by atoms with Crippen LogP contribution >= 0.6 is 11.3 Å². The standard InChI is InChI=1S/C15H16N2O5S/c1-9-7-13(17-22-9)16-14(19)8-21-15(20)6-4-11(18)12-5-3-10(2)23-12/h3,5,7H,4,6,8H2,1-2H3,(H,16,17,19). The third-order valence-corrected chi connectivity index (χ3v) is 3.87. The molecular formula is C15H16N2O5S. The zero-order valence-electron chi connectivity index (χ0n) is 12.8. The lowest BCUT2D eigenvalue weighted by molar-refractivity contribution is -0.147. The summed E-state index contributed by atoms with van der Waals surface area (Å²) in [4.78, 5) is 36.6. The number of nitrogens with zero attached hydrogens (tertiary/aromatic N) is 1. The maximum Gasteiger partial charge on any atom is 0.306 e. The minimum Gasteiger partial charge on any atom is -0.456 e. The minimum absolute atomic E-state index is 0.0584. The highest BCUT2D eigenvalue weighted by atomic mass is 32.1. The number of Topliss-reactive ketones (excluding diaryl/α,β-unsaturated/α-hetero) is 1. The molecule has 7 nitrogen and oxygen atoms in total. The van der Waals surface area contributed by atoms with Crippen LogP contribution in [0.2, 0.25) is 0 Å². The summed E-state index contributed by atoms with van der Waals surface area (Å²) in [5.41, 5.74) is 0. The molecule has 122 valence electrons. The van der Waals surface area contributed by atoms with Crippen molar-refractivity contribution in [2.75, 3.05) is 11.9 Å². The smallest absolute Gasteiger partial charge is 0.306 e. The molecule has 2 aromatic heterocycles. The van der Waals surface area contributed by atoms with Gasteiger partial charge in [0.15, 0.2) is 18.2 Å². The largest absolute Gasteiger partial charge is 0.456 e. The number of ether oxygens (including phenoxy) is 1. The lowest BCUT2D eigenvalue weighted by Gasteiger charge is -2.04. The van der Waals surface area contributed by atoms with Crippen LogP contribution in [0.25, 0.3) is 0 Å². The topological polar surface area (TPSA) is 98.5 Å². The number of aryl methyl sites for hydroxylation is 2. The Bertz CT molecular complexity index is 719. The van der Waals surface area contributed by atoms with Gasteiger partial charge in [-0.05, 0) is 26.0 Å². The van der Waals surface area contributed by atoms with Crippen molar-refractivity contribution in [3.63, 3.8) is 0 Å². The summed E-state index contributed by atoms with van der Waals surface area (Å²) in [6.07, 6.45) is -0.00494. The highest BCUT2D eigenvalue weighted by Gasteiger charge is 2.13. The summed E-state index contributed by atoms with van der Waals surface area (Å²) in [5, 5.41) is 6.01. The predicted molar refractivity (Wildman–Crippen MR) is 83.4 cm³/mol. The molecule has 0 aromatic carbocycles. The van der Waals surface area contributed by atoms with Crippen LogP contribution in [0.1, 0.15) is 33.2 Å². The number of thiophene rings is 1. The van der Waals surface area contributed by atoms with Crippen LogP contribution < -0.4 is 5.32 Å². The van der Waals surface area contributed by atoms with E-state index in [4.69, 9.17) is 9.26 Å². The third kappa shape index (κ3) is 5.33. The van der Waals surface area contributed by atoms with E-state index in [-0.39, 0.29) is 24.4 Å². The second kappa shape index (κ2) is 7.68. The van der Waals surface area contributed by atoms with Crippen molar-refractivity contribution in [3.05, 3.63) is 33.7 Å². The fourth-order valence-corrected chi connectivity index (χ4v) is 2.58. The van der Waals surface area contributed by atoms with Crippen molar-refractivity contribution in [3.8, 4) is 0 Å². The molecule has 2 heterocycles. The highest BCUT2D eigenvalue weighted by molar-refractivity contribution is 7.14. The van der Waals surface area contributed by atoms with Gasteiger partial charge in [-0.2, -0.15) is 0 Å². The first-order valence-electron chi connectivity index (χ1n) is 6.92. The second-order valence-electron chi connectivity index (χ2n) is 4.87. The maximum atomic E-state index is 11.8. The van der Waals surface area contributed by atoms with Crippen LogP contribution in [-0.2, 0) is 14.3 Å². The number of carbonyl (C=O) groups is 3. The number of esters is 1. The van der Waals surface area contributed by atoms with Gasteiger partial charge in [-0.15, -0.1) is 11.3 Å². The number of ketones is 1. The summed E-state index contributed by atoms with van der Waals surface area (Å²) < 4.78 is 9.61. The number of aromatic nitrogens is 1. The first kappa shape index (κ1) is 16.9. The highest BCUT2D eigenvalue weighted by Crippen LogP contribution is 2.17. The van der Waals surface area contributed by atoms with Crippen molar-refractivity contribution in [1.82, 2.24) is 5.16 Å².